The highest BCUT2D eigenvalue weighted by atomic mass is 32.1. The SMILES string of the molecule is CCN(NC(=S)Nc1ccccc1C)c1ccc(C)cc1. The number of benzene rings is 2. The average Bonchev–Trinajstić information content (AvgIpc) is 2.48. The van der Waals surface area contributed by atoms with Crippen LogP contribution in [0.15, 0.2) is 48.5 Å². The fraction of sp³-hybridized carbons (Fsp3) is 0.235. The zero-order valence-corrected chi connectivity index (χ0v) is 13.5. The van der Waals surface area contributed by atoms with Gasteiger partial charge < -0.3 is 5.32 Å². The van der Waals surface area contributed by atoms with E-state index in [4.69, 9.17) is 12.2 Å². The van der Waals surface area contributed by atoms with Crippen molar-refractivity contribution in [3.63, 3.8) is 0 Å². The number of aryl methyl sites for hydroxylation is 2. The number of para-hydroxylation sites is 1. The molecule has 0 fully saturated rings. The summed E-state index contributed by atoms with van der Waals surface area (Å²) in [5.41, 5.74) is 7.76. The fourth-order valence-electron chi connectivity index (χ4n) is 2.04. The predicted molar refractivity (Wildman–Crippen MR) is 94.7 cm³/mol. The van der Waals surface area contributed by atoms with Crippen LogP contribution in [0.4, 0.5) is 11.4 Å². The summed E-state index contributed by atoms with van der Waals surface area (Å²) < 4.78 is 0. The van der Waals surface area contributed by atoms with E-state index in [1.54, 1.807) is 0 Å². The lowest BCUT2D eigenvalue weighted by Crippen LogP contribution is -2.44. The first-order valence-corrected chi connectivity index (χ1v) is 7.48. The molecule has 2 N–H and O–H groups in total. The third-order valence-corrected chi connectivity index (χ3v) is 3.48. The highest BCUT2D eigenvalue weighted by molar-refractivity contribution is 7.80. The quantitative estimate of drug-likeness (QED) is 0.658. The van der Waals surface area contributed by atoms with Gasteiger partial charge in [-0.05, 0) is 56.8 Å². The summed E-state index contributed by atoms with van der Waals surface area (Å²) >= 11 is 5.40. The third-order valence-electron chi connectivity index (χ3n) is 3.29. The van der Waals surface area contributed by atoms with Crippen LogP contribution in [0, 0.1) is 13.8 Å². The molecule has 0 aromatic heterocycles. The number of hydrogen-bond donors (Lipinski definition) is 2. The van der Waals surface area contributed by atoms with E-state index in [-0.39, 0.29) is 0 Å². The first kappa shape index (κ1) is 15.3. The Labute approximate surface area is 132 Å². The van der Waals surface area contributed by atoms with Crippen LogP contribution < -0.4 is 15.8 Å². The van der Waals surface area contributed by atoms with Gasteiger partial charge in [-0.1, -0.05) is 35.9 Å². The van der Waals surface area contributed by atoms with Crippen LogP contribution in [0.1, 0.15) is 18.1 Å². The number of thiocarbonyl (C=S) groups is 1. The van der Waals surface area contributed by atoms with Gasteiger partial charge in [-0.15, -0.1) is 0 Å². The highest BCUT2D eigenvalue weighted by Crippen LogP contribution is 2.15. The van der Waals surface area contributed by atoms with E-state index in [0.29, 0.717) is 5.11 Å². The smallest absolute Gasteiger partial charge is 0.189 e. The minimum Gasteiger partial charge on any atom is -0.331 e. The Morgan fingerprint density at radius 1 is 1.05 bits per heavy atom. The zero-order chi connectivity index (χ0) is 15.2. The molecule has 2 rings (SSSR count). The van der Waals surface area contributed by atoms with Gasteiger partial charge in [-0.2, -0.15) is 0 Å². The second-order valence-corrected chi connectivity index (χ2v) is 5.37. The average molecular weight is 299 g/mol. The van der Waals surface area contributed by atoms with E-state index in [1.807, 2.05) is 23.2 Å². The van der Waals surface area contributed by atoms with E-state index in [9.17, 15) is 0 Å². The van der Waals surface area contributed by atoms with Gasteiger partial charge in [-0.25, -0.2) is 0 Å². The molecule has 0 saturated carbocycles. The first-order chi connectivity index (χ1) is 10.1. The van der Waals surface area contributed by atoms with Gasteiger partial charge in [0.2, 0.25) is 0 Å². The molecule has 3 nitrogen and oxygen atoms in total. The fourth-order valence-corrected chi connectivity index (χ4v) is 2.26. The molecule has 0 heterocycles. The first-order valence-electron chi connectivity index (χ1n) is 7.07. The summed E-state index contributed by atoms with van der Waals surface area (Å²) in [6.07, 6.45) is 0. The van der Waals surface area contributed by atoms with Gasteiger partial charge in [0, 0.05) is 12.2 Å². The Balaban J connectivity index is 2.03. The van der Waals surface area contributed by atoms with E-state index < -0.39 is 0 Å². The van der Waals surface area contributed by atoms with Crippen molar-refractivity contribution < 1.29 is 0 Å². The van der Waals surface area contributed by atoms with Gasteiger partial charge in [0.1, 0.15) is 0 Å². The molecule has 0 aliphatic carbocycles. The van der Waals surface area contributed by atoms with Crippen LogP contribution in [0.25, 0.3) is 0 Å². The number of anilines is 2. The summed E-state index contributed by atoms with van der Waals surface area (Å²) in [5.74, 6) is 0. The predicted octanol–water partition coefficient (Wildman–Crippen LogP) is 4.03. The Kier molecular flexibility index (Phi) is 5.17. The Morgan fingerprint density at radius 3 is 2.33 bits per heavy atom. The van der Waals surface area contributed by atoms with Crippen LogP contribution >= 0.6 is 12.2 Å². The van der Waals surface area contributed by atoms with Gasteiger partial charge in [0.25, 0.3) is 0 Å². The maximum Gasteiger partial charge on any atom is 0.189 e. The number of nitrogens with one attached hydrogen (secondary N) is 2. The lowest BCUT2D eigenvalue weighted by Gasteiger charge is -2.26. The monoisotopic (exact) mass is 299 g/mol. The molecule has 0 amide bonds. The molecule has 0 atom stereocenters. The van der Waals surface area contributed by atoms with Crippen LogP contribution in [0.5, 0.6) is 0 Å². The van der Waals surface area contributed by atoms with Gasteiger partial charge in [0.05, 0.1) is 5.69 Å². The maximum atomic E-state index is 5.40. The molecule has 0 saturated heterocycles. The van der Waals surface area contributed by atoms with Crippen molar-refractivity contribution in [1.82, 2.24) is 5.43 Å². The molecule has 2 aromatic carbocycles. The van der Waals surface area contributed by atoms with Gasteiger partial charge in [-0.3, -0.25) is 10.4 Å². The molecule has 0 radical (unpaired) electrons. The number of rotatable bonds is 4. The van der Waals surface area contributed by atoms with Crippen molar-refractivity contribution in [3.8, 4) is 0 Å². The van der Waals surface area contributed by atoms with E-state index in [2.05, 4.69) is 61.8 Å². The summed E-state index contributed by atoms with van der Waals surface area (Å²) in [7, 11) is 0. The van der Waals surface area contributed by atoms with Crippen LogP contribution in [-0.2, 0) is 0 Å². The molecule has 2 aromatic rings. The summed E-state index contributed by atoms with van der Waals surface area (Å²) in [6, 6.07) is 16.4. The molecule has 0 bridgehead atoms. The van der Waals surface area contributed by atoms with Crippen molar-refractivity contribution in [1.29, 1.82) is 0 Å². The Bertz CT molecular complexity index is 608. The minimum absolute atomic E-state index is 0.590. The van der Waals surface area contributed by atoms with Crippen molar-refractivity contribution in [2.75, 3.05) is 16.9 Å². The standard InChI is InChI=1S/C17H21N3S/c1-4-20(15-11-9-13(2)10-12-15)19-17(21)18-16-8-6-5-7-14(16)3/h5-12H,4H2,1-3H3,(H2,18,19,21). The summed E-state index contributed by atoms with van der Waals surface area (Å²) in [5, 5.41) is 5.85. The maximum absolute atomic E-state index is 5.40. The summed E-state index contributed by atoms with van der Waals surface area (Å²) in [4.78, 5) is 0. The van der Waals surface area contributed by atoms with E-state index >= 15 is 0 Å². The number of hydrogen-bond acceptors (Lipinski definition) is 2. The largest absolute Gasteiger partial charge is 0.331 e. The molecule has 21 heavy (non-hydrogen) atoms. The third kappa shape index (κ3) is 4.20. The van der Waals surface area contributed by atoms with Crippen molar-refractivity contribution in [2.24, 2.45) is 0 Å². The van der Waals surface area contributed by atoms with Crippen molar-refractivity contribution >= 4 is 28.7 Å². The molecule has 110 valence electrons. The molecule has 4 heteroatoms. The zero-order valence-electron chi connectivity index (χ0n) is 12.7. The van der Waals surface area contributed by atoms with Gasteiger partial charge >= 0.3 is 0 Å². The Morgan fingerprint density at radius 2 is 1.71 bits per heavy atom. The molecule has 0 aliphatic rings. The second kappa shape index (κ2) is 7.09. The van der Waals surface area contributed by atoms with Gasteiger partial charge in [0.15, 0.2) is 5.11 Å². The normalized spacial score (nSPS) is 10.0. The molecular formula is C17H21N3S. The van der Waals surface area contributed by atoms with Crippen molar-refractivity contribution in [2.45, 2.75) is 20.8 Å². The summed E-state index contributed by atoms with van der Waals surface area (Å²) in [6.45, 7) is 7.04. The van der Waals surface area contributed by atoms with E-state index in [1.165, 1.54) is 11.1 Å². The molecule has 0 aliphatic heterocycles. The topological polar surface area (TPSA) is 27.3 Å². The number of hydrazine groups is 1. The van der Waals surface area contributed by atoms with Crippen LogP contribution in [0.3, 0.4) is 0 Å². The second-order valence-electron chi connectivity index (χ2n) is 4.96. The minimum atomic E-state index is 0.590. The van der Waals surface area contributed by atoms with Crippen LogP contribution in [-0.4, -0.2) is 11.7 Å². The highest BCUT2D eigenvalue weighted by Gasteiger charge is 2.06. The van der Waals surface area contributed by atoms with E-state index in [0.717, 1.165) is 17.9 Å². The number of nitrogens with zero attached hydrogens (tertiary/aromatic N) is 1. The Hall–Kier alpha value is -2.07. The lowest BCUT2D eigenvalue weighted by atomic mass is 10.2. The molecule has 0 spiro atoms. The van der Waals surface area contributed by atoms with Crippen molar-refractivity contribution in [3.05, 3.63) is 59.7 Å². The lowest BCUT2D eigenvalue weighted by molar-refractivity contribution is 0.800. The molecule has 0 unspecified atom stereocenters. The molecular weight excluding hydrogens is 278 g/mol. The van der Waals surface area contributed by atoms with Crippen LogP contribution in [0.2, 0.25) is 0 Å².